The maximum atomic E-state index is 12.9. The molecule has 10 heteroatoms. The van der Waals surface area contributed by atoms with Crippen LogP contribution in [0.5, 0.6) is 0 Å². The van der Waals surface area contributed by atoms with E-state index in [1.807, 2.05) is 34.9 Å². The van der Waals surface area contributed by atoms with Gasteiger partial charge in [-0.3, -0.25) is 9.59 Å². The molecular weight excluding hydrogens is 448 g/mol. The van der Waals surface area contributed by atoms with Crippen LogP contribution in [-0.4, -0.2) is 63.9 Å². The molecule has 3 rings (SSSR count). The van der Waals surface area contributed by atoms with Gasteiger partial charge in [0, 0.05) is 26.4 Å². The molecule has 1 fully saturated rings. The highest BCUT2D eigenvalue weighted by atomic mass is 16.6. The lowest BCUT2D eigenvalue weighted by atomic mass is 9.78. The fraction of sp³-hybridized carbons (Fsp3) is 0.600. The van der Waals surface area contributed by atoms with E-state index in [9.17, 15) is 14.9 Å². The highest BCUT2D eigenvalue weighted by Gasteiger charge is 2.59. The number of aromatic nitrogens is 3. The number of ether oxygens (including phenoxy) is 2. The molecule has 1 saturated heterocycles. The van der Waals surface area contributed by atoms with Crippen molar-refractivity contribution in [3.8, 4) is 6.07 Å². The van der Waals surface area contributed by atoms with Crippen molar-refractivity contribution >= 4 is 29.4 Å². The molecule has 0 amide bonds. The van der Waals surface area contributed by atoms with Gasteiger partial charge in [0.25, 0.3) is 0 Å². The van der Waals surface area contributed by atoms with Gasteiger partial charge in [-0.05, 0) is 18.6 Å². The minimum atomic E-state index is -1.56. The molecular formula is C25H34N6O4. The van der Waals surface area contributed by atoms with Crippen LogP contribution >= 0.6 is 0 Å². The molecule has 0 unspecified atom stereocenters. The lowest BCUT2D eigenvalue weighted by Crippen LogP contribution is -2.40. The van der Waals surface area contributed by atoms with Crippen molar-refractivity contribution in [2.75, 3.05) is 14.1 Å². The zero-order valence-electron chi connectivity index (χ0n) is 21.4. The molecule has 0 bridgehead atoms. The van der Waals surface area contributed by atoms with Gasteiger partial charge in [0.15, 0.2) is 5.82 Å². The van der Waals surface area contributed by atoms with Crippen molar-refractivity contribution in [1.82, 2.24) is 19.5 Å². The molecule has 0 radical (unpaired) electrons. The monoisotopic (exact) mass is 482 g/mol. The number of aliphatic imine (C=N–C) groups is 1. The molecule has 1 aliphatic heterocycles. The molecule has 0 saturated carbocycles. The Morgan fingerprint density at radius 1 is 1.31 bits per heavy atom. The van der Waals surface area contributed by atoms with Crippen molar-refractivity contribution in [3.63, 3.8) is 0 Å². The lowest BCUT2D eigenvalue weighted by molar-refractivity contribution is -0.158. The summed E-state index contributed by atoms with van der Waals surface area (Å²) in [6.07, 6.45) is 2.21. The van der Waals surface area contributed by atoms with Gasteiger partial charge < -0.3 is 14.4 Å². The summed E-state index contributed by atoms with van der Waals surface area (Å²) in [7, 11) is 3.70. The third kappa shape index (κ3) is 5.05. The number of esters is 1. The van der Waals surface area contributed by atoms with Crippen LogP contribution in [-0.2, 0) is 24.7 Å². The van der Waals surface area contributed by atoms with E-state index in [2.05, 4.69) is 21.1 Å². The average Bonchev–Trinajstić information content (AvgIpc) is 3.38. The van der Waals surface area contributed by atoms with E-state index in [0.29, 0.717) is 23.4 Å². The van der Waals surface area contributed by atoms with Gasteiger partial charge in [0.1, 0.15) is 29.8 Å². The zero-order chi connectivity index (χ0) is 25.9. The number of Topliss-reactive ketones (excluding diaryl/α,β-unsaturated/α-hetero) is 1. The van der Waals surface area contributed by atoms with Crippen LogP contribution in [0.4, 0.5) is 5.82 Å². The van der Waals surface area contributed by atoms with Gasteiger partial charge in [0.2, 0.25) is 5.60 Å². The molecule has 4 atom stereocenters. The molecule has 2 aromatic heterocycles. The van der Waals surface area contributed by atoms with E-state index >= 15 is 0 Å². The van der Waals surface area contributed by atoms with Crippen molar-refractivity contribution in [2.45, 2.75) is 65.3 Å². The van der Waals surface area contributed by atoms with Crippen molar-refractivity contribution in [3.05, 3.63) is 24.2 Å². The Bertz CT molecular complexity index is 1150. The largest absolute Gasteiger partial charge is 0.459 e. The number of rotatable bonds is 9. The summed E-state index contributed by atoms with van der Waals surface area (Å²) in [6, 6.07) is 5.86. The maximum Gasteiger partial charge on any atom is 0.308 e. The summed E-state index contributed by atoms with van der Waals surface area (Å²) < 4.78 is 13.9. The first-order chi connectivity index (χ1) is 16.5. The van der Waals surface area contributed by atoms with Gasteiger partial charge in [0.05, 0.1) is 30.0 Å². The van der Waals surface area contributed by atoms with Gasteiger partial charge in [-0.25, -0.2) is 14.5 Å². The summed E-state index contributed by atoms with van der Waals surface area (Å²) in [5, 5.41) is 14.9. The third-order valence-electron chi connectivity index (χ3n) is 6.20. The Morgan fingerprint density at radius 2 is 2.03 bits per heavy atom. The Labute approximate surface area is 205 Å². The quantitative estimate of drug-likeness (QED) is 0.303. The second-order valence-corrected chi connectivity index (χ2v) is 9.71. The van der Waals surface area contributed by atoms with Gasteiger partial charge in [-0.15, -0.1) is 0 Å². The highest BCUT2D eigenvalue weighted by molar-refractivity contribution is 5.81. The summed E-state index contributed by atoms with van der Waals surface area (Å²) in [5.74, 6) is -1.31. The molecule has 0 aliphatic carbocycles. The van der Waals surface area contributed by atoms with E-state index < -0.39 is 29.7 Å². The van der Waals surface area contributed by atoms with E-state index in [1.165, 1.54) is 6.33 Å². The number of hydrogen-bond acceptors (Lipinski definition) is 8. The molecule has 0 spiro atoms. The Morgan fingerprint density at radius 3 is 2.60 bits per heavy atom. The van der Waals surface area contributed by atoms with E-state index in [-0.39, 0.29) is 24.0 Å². The van der Waals surface area contributed by atoms with Crippen molar-refractivity contribution in [2.24, 2.45) is 22.7 Å². The summed E-state index contributed by atoms with van der Waals surface area (Å²) in [5.41, 5.74) is -0.526. The van der Waals surface area contributed by atoms with Crippen LogP contribution in [0.3, 0.4) is 0 Å². The smallest absolute Gasteiger partial charge is 0.308 e. The fourth-order valence-corrected chi connectivity index (χ4v) is 4.23. The predicted octanol–water partition coefficient (Wildman–Crippen LogP) is 3.28. The molecule has 0 N–H and O–H groups in total. The van der Waals surface area contributed by atoms with Crippen molar-refractivity contribution < 1.29 is 19.1 Å². The van der Waals surface area contributed by atoms with E-state index in [1.54, 1.807) is 41.7 Å². The molecule has 0 aromatic carbocycles. The van der Waals surface area contributed by atoms with Gasteiger partial charge in [-0.1, -0.05) is 34.6 Å². The number of nitriles is 1. The third-order valence-corrected chi connectivity index (χ3v) is 6.20. The number of fused-ring (bicyclic) bond motifs is 1. The molecule has 1 aliphatic rings. The number of carbonyl (C=O) groups is 2. The van der Waals surface area contributed by atoms with Crippen LogP contribution in [0.2, 0.25) is 0 Å². The molecule has 188 valence electrons. The van der Waals surface area contributed by atoms with Crippen molar-refractivity contribution in [1.29, 1.82) is 5.26 Å². The SMILES string of the molecule is CC[C@H]1O[C@@](C#N)(c2ccc3c(N=CN(C)C)ncnn23)[C@H](CC(=O)C(C)C)[C@@H]1OC(=O)C(C)C. The Kier molecular flexibility index (Phi) is 7.90. The molecule has 10 nitrogen and oxygen atoms in total. The summed E-state index contributed by atoms with van der Waals surface area (Å²) in [6.45, 7) is 9.03. The fourth-order valence-electron chi connectivity index (χ4n) is 4.23. The normalized spacial score (nSPS) is 24.4. The minimum Gasteiger partial charge on any atom is -0.459 e. The second kappa shape index (κ2) is 10.5. The first-order valence-corrected chi connectivity index (χ1v) is 11.9. The zero-order valence-corrected chi connectivity index (χ0v) is 21.4. The molecule has 3 heterocycles. The first kappa shape index (κ1) is 26.3. The Hall–Kier alpha value is -3.32. The summed E-state index contributed by atoms with van der Waals surface area (Å²) >= 11 is 0. The Balaban J connectivity index is 2.18. The van der Waals surface area contributed by atoms with Crippen LogP contribution < -0.4 is 0 Å². The minimum absolute atomic E-state index is 0.0295. The summed E-state index contributed by atoms with van der Waals surface area (Å²) in [4.78, 5) is 36.0. The van der Waals surface area contributed by atoms with Gasteiger partial charge >= 0.3 is 5.97 Å². The standard InChI is InChI=1S/C25H34N6O4/c1-8-20-22(34-24(33)16(4)5)17(11-19(32)15(2)3)25(12-26,35-20)21-10-9-18-23(28-14-30(6)7)27-13-29-31(18)21/h9-10,13-17,20,22H,8,11H2,1-7H3/t17-,20-,22+,25-/m1/s1. The van der Waals surface area contributed by atoms with Crippen LogP contribution in [0, 0.1) is 29.1 Å². The van der Waals surface area contributed by atoms with E-state index in [4.69, 9.17) is 9.47 Å². The topological polar surface area (TPSA) is 122 Å². The predicted molar refractivity (Wildman–Crippen MR) is 130 cm³/mol. The average molecular weight is 483 g/mol. The van der Waals surface area contributed by atoms with Crippen LogP contribution in [0.25, 0.3) is 5.52 Å². The number of ketones is 1. The lowest BCUT2D eigenvalue weighted by Gasteiger charge is -2.29. The van der Waals surface area contributed by atoms with Gasteiger partial charge in [-0.2, -0.15) is 10.4 Å². The van der Waals surface area contributed by atoms with Crippen LogP contribution in [0.15, 0.2) is 23.5 Å². The first-order valence-electron chi connectivity index (χ1n) is 11.9. The highest BCUT2D eigenvalue weighted by Crippen LogP contribution is 2.48. The number of hydrogen-bond donors (Lipinski definition) is 0. The number of carbonyl (C=O) groups excluding carboxylic acids is 2. The molecule has 35 heavy (non-hydrogen) atoms. The molecule has 2 aromatic rings. The van der Waals surface area contributed by atoms with Crippen LogP contribution in [0.1, 0.15) is 53.2 Å². The van der Waals surface area contributed by atoms with E-state index in [0.717, 1.165) is 0 Å². The number of nitrogens with zero attached hydrogens (tertiary/aromatic N) is 6. The second-order valence-electron chi connectivity index (χ2n) is 9.71. The maximum absolute atomic E-state index is 12.9.